The van der Waals surface area contributed by atoms with E-state index < -0.39 is 19.8 Å². The Kier molecular flexibility index (Phi) is 27.4. The lowest BCUT2D eigenvalue weighted by Crippen LogP contribution is -2.19. The SMILES string of the molecule is CCCCC(CC)COC(=O)c1ccccc1C(=O)OCC(CC)CCCC.CCCCOP(=O)(OCCCC)OCCCC. The number of hydrogen-bond acceptors (Lipinski definition) is 8. The van der Waals surface area contributed by atoms with E-state index in [0.717, 1.165) is 89.9 Å². The summed E-state index contributed by atoms with van der Waals surface area (Å²) in [6, 6.07) is 6.77. The molecule has 8 nitrogen and oxygen atoms in total. The second kappa shape index (κ2) is 28.5. The molecule has 0 saturated heterocycles. The van der Waals surface area contributed by atoms with Gasteiger partial charge in [-0.05, 0) is 56.1 Å². The highest BCUT2D eigenvalue weighted by Gasteiger charge is 2.26. The molecule has 0 heterocycles. The van der Waals surface area contributed by atoms with E-state index in [1.165, 1.54) is 0 Å². The maximum absolute atomic E-state index is 12.6. The van der Waals surface area contributed by atoms with Crippen LogP contribution in [0.3, 0.4) is 0 Å². The summed E-state index contributed by atoms with van der Waals surface area (Å²) in [6.07, 6.45) is 14.2. The summed E-state index contributed by atoms with van der Waals surface area (Å²) >= 11 is 0. The number of unbranched alkanes of at least 4 members (excludes halogenated alkanes) is 5. The molecule has 1 aromatic rings. The van der Waals surface area contributed by atoms with Crippen molar-refractivity contribution < 1.29 is 37.2 Å². The normalized spacial score (nSPS) is 12.6. The molecular weight excluding hydrogens is 591 g/mol. The zero-order valence-corrected chi connectivity index (χ0v) is 30.5. The maximum atomic E-state index is 12.6. The lowest BCUT2D eigenvalue weighted by molar-refractivity contribution is 0.0381. The fourth-order valence-electron chi connectivity index (χ4n) is 4.25. The fourth-order valence-corrected chi connectivity index (χ4v) is 5.53. The Bertz CT molecular complexity index is 838. The van der Waals surface area contributed by atoms with Crippen LogP contribution in [0.5, 0.6) is 0 Å². The van der Waals surface area contributed by atoms with E-state index in [4.69, 9.17) is 23.0 Å². The predicted octanol–water partition coefficient (Wildman–Crippen LogP) is 11.0. The molecule has 0 N–H and O–H groups in total. The second-order valence-corrected chi connectivity index (χ2v) is 13.3. The van der Waals surface area contributed by atoms with Gasteiger partial charge in [-0.2, -0.15) is 0 Å². The van der Waals surface area contributed by atoms with Gasteiger partial charge in [0.2, 0.25) is 0 Å². The topological polar surface area (TPSA) is 97.4 Å². The number of rotatable bonds is 26. The van der Waals surface area contributed by atoms with Crippen LogP contribution in [0, 0.1) is 11.8 Å². The van der Waals surface area contributed by atoms with Crippen molar-refractivity contribution in [2.45, 2.75) is 138 Å². The number of phosphoric ester groups is 1. The van der Waals surface area contributed by atoms with Crippen molar-refractivity contribution >= 4 is 19.8 Å². The van der Waals surface area contributed by atoms with Gasteiger partial charge in [0.25, 0.3) is 0 Å². The molecule has 0 aliphatic carbocycles. The van der Waals surface area contributed by atoms with Crippen LogP contribution in [0.25, 0.3) is 0 Å². The van der Waals surface area contributed by atoms with Crippen LogP contribution in [0.15, 0.2) is 24.3 Å². The summed E-state index contributed by atoms with van der Waals surface area (Å²) in [7, 11) is -3.31. The zero-order chi connectivity index (χ0) is 33.8. The monoisotopic (exact) mass is 656 g/mol. The third kappa shape index (κ3) is 20.9. The largest absolute Gasteiger partial charge is 0.474 e. The molecule has 1 aromatic carbocycles. The Labute approximate surface area is 275 Å². The summed E-state index contributed by atoms with van der Waals surface area (Å²) in [4.78, 5) is 25.1. The quantitative estimate of drug-likeness (QED) is 0.0552. The van der Waals surface area contributed by atoms with Crippen LogP contribution < -0.4 is 0 Å². The molecule has 2 unspecified atom stereocenters. The van der Waals surface area contributed by atoms with Crippen LogP contribution in [-0.4, -0.2) is 45.0 Å². The highest BCUT2D eigenvalue weighted by atomic mass is 31.2. The van der Waals surface area contributed by atoms with Crippen molar-refractivity contribution in [3.05, 3.63) is 35.4 Å². The Hall–Kier alpha value is -1.73. The first-order chi connectivity index (χ1) is 21.7. The molecule has 0 aromatic heterocycles. The molecule has 0 fully saturated rings. The van der Waals surface area contributed by atoms with Crippen molar-refractivity contribution in [2.75, 3.05) is 33.0 Å². The summed E-state index contributed by atoms with van der Waals surface area (Å²) in [5.74, 6) is -0.153. The highest BCUT2D eigenvalue weighted by Crippen LogP contribution is 2.49. The third-order valence-corrected chi connectivity index (χ3v) is 9.09. The Morgan fingerprint density at radius 1 is 0.578 bits per heavy atom. The van der Waals surface area contributed by atoms with E-state index in [2.05, 4.69) is 48.5 Å². The van der Waals surface area contributed by atoms with Gasteiger partial charge in [-0.25, -0.2) is 14.2 Å². The van der Waals surface area contributed by atoms with Crippen molar-refractivity contribution in [3.8, 4) is 0 Å². The van der Waals surface area contributed by atoms with Gasteiger partial charge in [0.1, 0.15) is 0 Å². The number of phosphoric acid groups is 1. The van der Waals surface area contributed by atoms with Crippen LogP contribution in [0.4, 0.5) is 0 Å². The number of esters is 2. The van der Waals surface area contributed by atoms with E-state index in [1.807, 2.05) is 0 Å². The molecule has 2 atom stereocenters. The number of carbonyl (C=O) groups is 2. The first-order valence-corrected chi connectivity index (χ1v) is 19.2. The molecule has 0 saturated carbocycles. The standard InChI is InChI=1S/C24H38O4.C12H27O4P/c1-5-9-13-19(7-3)17-27-23(25)21-15-11-12-16-22(21)24(26)28-18-20(8-4)14-10-6-2;1-4-7-10-14-17(13,15-11-8-5-2)16-12-9-6-3/h11-12,15-16,19-20H,5-10,13-14,17-18H2,1-4H3;4-12H2,1-3H3. The molecule has 9 heteroatoms. The zero-order valence-electron chi connectivity index (χ0n) is 29.6. The van der Waals surface area contributed by atoms with E-state index in [1.54, 1.807) is 24.3 Å². The molecule has 0 radical (unpaired) electrons. The van der Waals surface area contributed by atoms with Gasteiger partial charge in [-0.1, -0.05) is 118 Å². The highest BCUT2D eigenvalue weighted by molar-refractivity contribution is 7.48. The smallest absolute Gasteiger partial charge is 0.462 e. The van der Waals surface area contributed by atoms with Gasteiger partial charge in [-0.3, -0.25) is 13.6 Å². The Balaban J connectivity index is 0.000000976. The van der Waals surface area contributed by atoms with Crippen molar-refractivity contribution in [3.63, 3.8) is 0 Å². The van der Waals surface area contributed by atoms with E-state index in [9.17, 15) is 14.2 Å². The average molecular weight is 657 g/mol. The van der Waals surface area contributed by atoms with Gasteiger partial charge in [0, 0.05) is 0 Å². The first kappa shape index (κ1) is 43.3. The lowest BCUT2D eigenvalue weighted by Gasteiger charge is -2.17. The van der Waals surface area contributed by atoms with Gasteiger partial charge in [0.05, 0.1) is 44.2 Å². The summed E-state index contributed by atoms with van der Waals surface area (Å²) in [6.45, 7) is 16.8. The van der Waals surface area contributed by atoms with Gasteiger partial charge in [0.15, 0.2) is 0 Å². The van der Waals surface area contributed by atoms with Crippen LogP contribution >= 0.6 is 7.82 Å². The fraction of sp³-hybridized carbons (Fsp3) is 0.778. The number of carbonyl (C=O) groups excluding carboxylic acids is 2. The molecule has 45 heavy (non-hydrogen) atoms. The molecule has 0 bridgehead atoms. The van der Waals surface area contributed by atoms with Crippen molar-refractivity contribution in [1.82, 2.24) is 0 Å². The minimum atomic E-state index is -3.31. The van der Waals surface area contributed by atoms with Gasteiger partial charge >= 0.3 is 19.8 Å². The minimum Gasteiger partial charge on any atom is -0.462 e. The number of benzene rings is 1. The van der Waals surface area contributed by atoms with E-state index in [0.29, 0.717) is 56.0 Å². The molecule has 0 aliphatic rings. The summed E-state index contributed by atoms with van der Waals surface area (Å²) in [5, 5.41) is 0. The minimum absolute atomic E-state index is 0.291. The third-order valence-electron chi connectivity index (χ3n) is 7.60. The molecule has 0 spiro atoms. The van der Waals surface area contributed by atoms with E-state index >= 15 is 0 Å². The lowest BCUT2D eigenvalue weighted by atomic mass is 10.0. The van der Waals surface area contributed by atoms with Crippen LogP contribution in [0.2, 0.25) is 0 Å². The Morgan fingerprint density at radius 3 is 1.20 bits per heavy atom. The first-order valence-electron chi connectivity index (χ1n) is 17.7. The van der Waals surface area contributed by atoms with E-state index in [-0.39, 0.29) is 0 Å². The Morgan fingerprint density at radius 2 is 0.911 bits per heavy atom. The molecule has 0 aliphatic heterocycles. The van der Waals surface area contributed by atoms with Crippen LogP contribution in [0.1, 0.15) is 159 Å². The van der Waals surface area contributed by atoms with Gasteiger partial charge in [-0.15, -0.1) is 0 Å². The number of hydrogen-bond donors (Lipinski definition) is 0. The average Bonchev–Trinajstić information content (AvgIpc) is 3.05. The second-order valence-electron chi connectivity index (χ2n) is 11.6. The molecule has 1 rings (SSSR count). The van der Waals surface area contributed by atoms with Crippen molar-refractivity contribution in [1.29, 1.82) is 0 Å². The van der Waals surface area contributed by atoms with Crippen LogP contribution in [-0.2, 0) is 27.6 Å². The molecular formula is C36H65O8P. The number of ether oxygens (including phenoxy) is 2. The predicted molar refractivity (Wildman–Crippen MR) is 184 cm³/mol. The molecule has 0 amide bonds. The summed E-state index contributed by atoms with van der Waals surface area (Å²) < 4.78 is 39.0. The van der Waals surface area contributed by atoms with Gasteiger partial charge < -0.3 is 9.47 Å². The van der Waals surface area contributed by atoms with Crippen molar-refractivity contribution in [2.24, 2.45) is 11.8 Å². The maximum Gasteiger partial charge on any atom is 0.474 e. The molecule has 262 valence electrons. The summed E-state index contributed by atoms with van der Waals surface area (Å²) in [5.41, 5.74) is 0.582.